The maximum atomic E-state index is 12.1. The minimum absolute atomic E-state index is 0.299. The number of rotatable bonds is 4. The number of carbonyl (C=O) groups excluding carboxylic acids is 1. The summed E-state index contributed by atoms with van der Waals surface area (Å²) in [4.78, 5) is 12.1. The molecule has 1 aliphatic rings. The Kier molecular flexibility index (Phi) is 3.59. The molecular weight excluding hydrogens is 264 g/mol. The Morgan fingerprint density at radius 3 is 2.33 bits per heavy atom. The summed E-state index contributed by atoms with van der Waals surface area (Å²) in [6.07, 6.45) is 3.56. The molecule has 2 aromatic carbocycles. The SMILES string of the molecule is COC(=O)[C@]1(c2ccccc2)O[C@@H]1/C=C/c1ccccc1. The van der Waals surface area contributed by atoms with E-state index in [9.17, 15) is 4.79 Å². The van der Waals surface area contributed by atoms with Crippen molar-refractivity contribution < 1.29 is 14.3 Å². The third-order valence-corrected chi connectivity index (χ3v) is 3.61. The van der Waals surface area contributed by atoms with Crippen LogP contribution in [0.3, 0.4) is 0 Å². The molecule has 106 valence electrons. The lowest BCUT2D eigenvalue weighted by Crippen LogP contribution is -2.25. The molecule has 0 bridgehead atoms. The molecule has 3 rings (SSSR count). The van der Waals surface area contributed by atoms with E-state index >= 15 is 0 Å². The van der Waals surface area contributed by atoms with Crippen LogP contribution in [0.1, 0.15) is 11.1 Å². The Labute approximate surface area is 123 Å². The average molecular weight is 280 g/mol. The average Bonchev–Trinajstić information content (AvgIpc) is 3.30. The largest absolute Gasteiger partial charge is 0.467 e. The molecule has 2 atom stereocenters. The van der Waals surface area contributed by atoms with Crippen LogP contribution in [0.15, 0.2) is 66.7 Å². The number of esters is 1. The zero-order valence-corrected chi connectivity index (χ0v) is 11.7. The van der Waals surface area contributed by atoms with Gasteiger partial charge < -0.3 is 9.47 Å². The maximum absolute atomic E-state index is 12.1. The van der Waals surface area contributed by atoms with Gasteiger partial charge in [0.05, 0.1) is 7.11 Å². The maximum Gasteiger partial charge on any atom is 0.346 e. The van der Waals surface area contributed by atoms with E-state index < -0.39 is 5.60 Å². The molecule has 3 heteroatoms. The van der Waals surface area contributed by atoms with Crippen LogP contribution in [0.2, 0.25) is 0 Å². The van der Waals surface area contributed by atoms with Crippen LogP contribution < -0.4 is 0 Å². The van der Waals surface area contributed by atoms with Gasteiger partial charge in [0.25, 0.3) is 0 Å². The highest BCUT2D eigenvalue weighted by Gasteiger charge is 2.63. The molecule has 0 aromatic heterocycles. The van der Waals surface area contributed by atoms with Crippen molar-refractivity contribution in [2.75, 3.05) is 7.11 Å². The van der Waals surface area contributed by atoms with Gasteiger partial charge in [-0.05, 0) is 11.1 Å². The highest BCUT2D eigenvalue weighted by molar-refractivity contribution is 5.86. The molecule has 21 heavy (non-hydrogen) atoms. The monoisotopic (exact) mass is 280 g/mol. The van der Waals surface area contributed by atoms with E-state index in [4.69, 9.17) is 9.47 Å². The predicted molar refractivity (Wildman–Crippen MR) is 80.5 cm³/mol. The van der Waals surface area contributed by atoms with E-state index in [1.54, 1.807) is 0 Å². The van der Waals surface area contributed by atoms with E-state index in [2.05, 4.69) is 0 Å². The summed E-state index contributed by atoms with van der Waals surface area (Å²) in [5, 5.41) is 0. The summed E-state index contributed by atoms with van der Waals surface area (Å²) in [7, 11) is 1.38. The normalized spacial score (nSPS) is 24.0. The highest BCUT2D eigenvalue weighted by atomic mass is 16.7. The summed E-state index contributed by atoms with van der Waals surface area (Å²) >= 11 is 0. The van der Waals surface area contributed by atoms with Crippen molar-refractivity contribution in [1.29, 1.82) is 0 Å². The van der Waals surface area contributed by atoms with Crippen molar-refractivity contribution >= 4 is 12.0 Å². The molecule has 0 amide bonds. The molecule has 1 heterocycles. The quantitative estimate of drug-likeness (QED) is 0.638. The van der Waals surface area contributed by atoms with E-state index in [1.165, 1.54) is 7.11 Å². The number of hydrogen-bond acceptors (Lipinski definition) is 3. The summed E-state index contributed by atoms with van der Waals surface area (Å²) in [5.74, 6) is -0.364. The fraction of sp³-hybridized carbons (Fsp3) is 0.167. The van der Waals surface area contributed by atoms with Crippen molar-refractivity contribution in [2.24, 2.45) is 0 Å². The Morgan fingerprint density at radius 2 is 1.71 bits per heavy atom. The fourth-order valence-electron chi connectivity index (χ4n) is 2.46. The molecule has 0 radical (unpaired) electrons. The second-order valence-corrected chi connectivity index (χ2v) is 4.90. The van der Waals surface area contributed by atoms with E-state index in [0.29, 0.717) is 0 Å². The Hall–Kier alpha value is -2.39. The summed E-state index contributed by atoms with van der Waals surface area (Å²) < 4.78 is 10.6. The Balaban J connectivity index is 1.85. The summed E-state index contributed by atoms with van der Waals surface area (Å²) in [6, 6.07) is 19.4. The molecular formula is C18H16O3. The summed E-state index contributed by atoms with van der Waals surface area (Å²) in [5.41, 5.74) is 0.890. The van der Waals surface area contributed by atoms with Crippen LogP contribution in [-0.4, -0.2) is 19.2 Å². The third-order valence-electron chi connectivity index (χ3n) is 3.61. The molecule has 0 aliphatic carbocycles. The first-order chi connectivity index (χ1) is 10.3. The molecule has 1 aliphatic heterocycles. The number of methoxy groups -OCH3 is 1. The van der Waals surface area contributed by atoms with Gasteiger partial charge in [0, 0.05) is 0 Å². The number of benzene rings is 2. The number of hydrogen-bond donors (Lipinski definition) is 0. The van der Waals surface area contributed by atoms with Crippen LogP contribution >= 0.6 is 0 Å². The summed E-state index contributed by atoms with van der Waals surface area (Å²) in [6.45, 7) is 0. The lowest BCUT2D eigenvalue weighted by Gasteiger charge is -2.09. The van der Waals surface area contributed by atoms with Crippen LogP contribution in [0.4, 0.5) is 0 Å². The predicted octanol–water partition coefficient (Wildman–Crippen LogP) is 3.17. The minimum Gasteiger partial charge on any atom is -0.467 e. The molecule has 1 fully saturated rings. The van der Waals surface area contributed by atoms with E-state index in [1.807, 2.05) is 72.8 Å². The Bertz CT molecular complexity index is 649. The lowest BCUT2D eigenvalue weighted by molar-refractivity contribution is -0.147. The lowest BCUT2D eigenvalue weighted by atomic mass is 9.95. The first-order valence-electron chi connectivity index (χ1n) is 6.82. The van der Waals surface area contributed by atoms with Crippen molar-refractivity contribution in [3.63, 3.8) is 0 Å². The molecule has 2 aromatic rings. The van der Waals surface area contributed by atoms with Gasteiger partial charge in [0.2, 0.25) is 5.60 Å². The first kappa shape index (κ1) is 13.6. The number of epoxide rings is 1. The van der Waals surface area contributed by atoms with E-state index in [0.717, 1.165) is 11.1 Å². The second kappa shape index (κ2) is 5.54. The highest BCUT2D eigenvalue weighted by Crippen LogP contribution is 2.48. The smallest absolute Gasteiger partial charge is 0.346 e. The molecule has 1 saturated heterocycles. The van der Waals surface area contributed by atoms with E-state index in [-0.39, 0.29) is 12.1 Å². The van der Waals surface area contributed by atoms with Crippen LogP contribution in [0, 0.1) is 0 Å². The topological polar surface area (TPSA) is 38.8 Å². The van der Waals surface area contributed by atoms with Crippen molar-refractivity contribution in [3.05, 3.63) is 77.9 Å². The molecule has 0 N–H and O–H groups in total. The fourth-order valence-corrected chi connectivity index (χ4v) is 2.46. The first-order valence-corrected chi connectivity index (χ1v) is 6.82. The van der Waals surface area contributed by atoms with Gasteiger partial charge in [0.15, 0.2) is 0 Å². The van der Waals surface area contributed by atoms with Gasteiger partial charge in [-0.3, -0.25) is 0 Å². The van der Waals surface area contributed by atoms with Gasteiger partial charge in [0.1, 0.15) is 6.10 Å². The van der Waals surface area contributed by atoms with Crippen LogP contribution in [-0.2, 0) is 19.9 Å². The van der Waals surface area contributed by atoms with Gasteiger partial charge >= 0.3 is 5.97 Å². The standard InChI is InChI=1S/C18H16O3/c1-20-17(19)18(15-10-6-3-7-11-15)16(21-18)13-12-14-8-4-2-5-9-14/h2-13,16H,1H3/b13-12+/t16-,18-/m1/s1. The third kappa shape index (κ3) is 2.48. The van der Waals surface area contributed by atoms with Gasteiger partial charge in [-0.2, -0.15) is 0 Å². The van der Waals surface area contributed by atoms with Gasteiger partial charge in [-0.25, -0.2) is 4.79 Å². The van der Waals surface area contributed by atoms with Crippen LogP contribution in [0.25, 0.3) is 6.08 Å². The molecule has 0 spiro atoms. The Morgan fingerprint density at radius 1 is 1.10 bits per heavy atom. The molecule has 3 nitrogen and oxygen atoms in total. The number of carbonyl (C=O) groups is 1. The van der Waals surface area contributed by atoms with Gasteiger partial charge in [-0.1, -0.05) is 72.8 Å². The zero-order valence-electron chi connectivity index (χ0n) is 11.7. The molecule has 0 saturated carbocycles. The minimum atomic E-state index is -0.999. The van der Waals surface area contributed by atoms with Crippen molar-refractivity contribution in [2.45, 2.75) is 11.7 Å². The zero-order chi connectivity index (χ0) is 14.7. The molecule has 0 unspecified atom stereocenters. The van der Waals surface area contributed by atoms with Crippen molar-refractivity contribution in [1.82, 2.24) is 0 Å². The number of ether oxygens (including phenoxy) is 2. The van der Waals surface area contributed by atoms with Gasteiger partial charge in [-0.15, -0.1) is 0 Å². The van der Waals surface area contributed by atoms with Crippen molar-refractivity contribution in [3.8, 4) is 0 Å². The van der Waals surface area contributed by atoms with Crippen LogP contribution in [0.5, 0.6) is 0 Å². The second-order valence-electron chi connectivity index (χ2n) is 4.90.